The molecular weight excluding hydrogens is 661 g/mol. The molecule has 0 radical (unpaired) electrons. The van der Waals surface area contributed by atoms with Crippen molar-refractivity contribution >= 4 is 54.6 Å². The monoisotopic (exact) mass is 692 g/mol. The molecule has 0 fully saturated rings. The zero-order valence-electron chi connectivity index (χ0n) is 29.7. The van der Waals surface area contributed by atoms with Crippen LogP contribution >= 0.6 is 0 Å². The first kappa shape index (κ1) is 30.4. The fraction of sp³-hybridized carbons (Fsp3) is 0.0417. The molecule has 0 spiro atoms. The molecule has 11 rings (SSSR count). The van der Waals surface area contributed by atoms with Crippen molar-refractivity contribution in [2.75, 3.05) is 0 Å². The van der Waals surface area contributed by atoms with Crippen molar-refractivity contribution in [2.45, 2.75) is 13.8 Å². The van der Waals surface area contributed by atoms with E-state index in [9.17, 15) is 0 Å². The van der Waals surface area contributed by atoms with Gasteiger partial charge in [-0.1, -0.05) is 145 Å². The summed E-state index contributed by atoms with van der Waals surface area (Å²) < 4.78 is 4.42. The van der Waals surface area contributed by atoms with Crippen LogP contribution in [0.25, 0.3) is 99.7 Å². The Kier molecular flexibility index (Phi) is 6.58. The predicted octanol–water partition coefficient (Wildman–Crippen LogP) is 11.7. The molecule has 0 aliphatic heterocycles. The van der Waals surface area contributed by atoms with Gasteiger partial charge in [-0.25, -0.2) is 0 Å². The molecule has 6 heteroatoms. The lowest BCUT2D eigenvalue weighted by Crippen LogP contribution is -1.97. The number of benzene rings is 7. The molecule has 0 atom stereocenters. The fourth-order valence-corrected chi connectivity index (χ4v) is 8.07. The normalized spacial score (nSPS) is 11.9. The van der Waals surface area contributed by atoms with Crippen molar-refractivity contribution in [3.63, 3.8) is 0 Å². The van der Waals surface area contributed by atoms with E-state index in [0.29, 0.717) is 0 Å². The van der Waals surface area contributed by atoms with Crippen molar-refractivity contribution in [1.29, 1.82) is 0 Å². The average Bonchev–Trinajstić information content (AvgIpc) is 3.88. The summed E-state index contributed by atoms with van der Waals surface area (Å²) in [7, 11) is 0. The van der Waals surface area contributed by atoms with Crippen molar-refractivity contribution in [1.82, 2.24) is 29.2 Å². The van der Waals surface area contributed by atoms with E-state index in [4.69, 9.17) is 20.4 Å². The number of rotatable bonds is 4. The Morgan fingerprint density at radius 2 is 0.648 bits per heavy atom. The lowest BCUT2D eigenvalue weighted by molar-refractivity contribution is 1.12. The first-order valence-corrected chi connectivity index (χ1v) is 18.2. The van der Waals surface area contributed by atoms with Crippen LogP contribution in [0.2, 0.25) is 0 Å². The Balaban J connectivity index is 1.12. The molecule has 0 aliphatic carbocycles. The maximum absolute atomic E-state index is 4.87. The van der Waals surface area contributed by atoms with Gasteiger partial charge in [-0.3, -0.25) is 8.80 Å². The van der Waals surface area contributed by atoms with Gasteiger partial charge < -0.3 is 0 Å². The first-order chi connectivity index (χ1) is 26.6. The zero-order valence-corrected chi connectivity index (χ0v) is 29.7. The zero-order chi connectivity index (χ0) is 35.9. The van der Waals surface area contributed by atoms with Gasteiger partial charge >= 0.3 is 0 Å². The van der Waals surface area contributed by atoms with Crippen LogP contribution < -0.4 is 0 Å². The third kappa shape index (κ3) is 4.60. The van der Waals surface area contributed by atoms with Gasteiger partial charge in [0.1, 0.15) is 0 Å². The Hall–Kier alpha value is -7.18. The van der Waals surface area contributed by atoms with Crippen molar-refractivity contribution < 1.29 is 0 Å². The largest absolute Gasteiger partial charge is 0.274 e. The number of aryl methyl sites for hydroxylation is 2. The highest BCUT2D eigenvalue weighted by Crippen LogP contribution is 2.39. The summed E-state index contributed by atoms with van der Waals surface area (Å²) in [6.07, 6.45) is 0. The van der Waals surface area contributed by atoms with Gasteiger partial charge in [0, 0.05) is 32.7 Å². The van der Waals surface area contributed by atoms with E-state index in [1.807, 2.05) is 0 Å². The summed E-state index contributed by atoms with van der Waals surface area (Å²) in [6.45, 7) is 4.22. The Morgan fingerprint density at radius 3 is 1.04 bits per heavy atom. The van der Waals surface area contributed by atoms with Gasteiger partial charge in [-0.15, -0.1) is 20.4 Å². The molecule has 0 unspecified atom stereocenters. The Bertz CT molecular complexity index is 3020. The van der Waals surface area contributed by atoms with E-state index in [-0.39, 0.29) is 0 Å². The van der Waals surface area contributed by atoms with Crippen LogP contribution in [-0.2, 0) is 0 Å². The molecular formula is C48H32N6. The third-order valence-corrected chi connectivity index (χ3v) is 10.9. The molecule has 0 saturated heterocycles. The summed E-state index contributed by atoms with van der Waals surface area (Å²) in [5, 5.41) is 25.9. The maximum atomic E-state index is 4.87. The average molecular weight is 693 g/mol. The summed E-state index contributed by atoms with van der Waals surface area (Å²) in [6, 6.07) is 56.2. The lowest BCUT2D eigenvalue weighted by atomic mass is 9.98. The van der Waals surface area contributed by atoms with Crippen LogP contribution in [-0.4, -0.2) is 29.2 Å². The van der Waals surface area contributed by atoms with Crippen LogP contribution in [0.3, 0.4) is 0 Å². The van der Waals surface area contributed by atoms with Gasteiger partial charge in [0.2, 0.25) is 0 Å². The number of hydrogen-bond acceptors (Lipinski definition) is 4. The standard InChI is InChI=1S/C48H32N6/c1-29-11-15-31(16-12-29)33-19-23-35(24-20-33)45-49-51-47-41-27-40-38-8-4-6-10-44(38)54-46(36-25-21-34(22-26-36)32-17-13-30(2)14-18-32)50-52-48(54)42(40)28-39(41)37-7-3-5-9-43(37)53(45)47/h3-28H,1-2H3. The number of aromatic nitrogens is 6. The fourth-order valence-electron chi connectivity index (χ4n) is 8.07. The van der Waals surface area contributed by atoms with Gasteiger partial charge in [-0.05, 0) is 71.1 Å². The van der Waals surface area contributed by atoms with Crippen molar-refractivity contribution in [3.05, 3.63) is 169 Å². The molecule has 4 aromatic heterocycles. The van der Waals surface area contributed by atoms with E-state index in [1.54, 1.807) is 0 Å². The molecule has 6 nitrogen and oxygen atoms in total. The molecule has 4 heterocycles. The number of fused-ring (bicyclic) bond motifs is 12. The molecule has 0 aliphatic rings. The highest BCUT2D eigenvalue weighted by Gasteiger charge is 2.21. The van der Waals surface area contributed by atoms with Gasteiger partial charge in [0.25, 0.3) is 0 Å². The molecule has 0 N–H and O–H groups in total. The third-order valence-electron chi connectivity index (χ3n) is 10.9. The van der Waals surface area contributed by atoms with Gasteiger partial charge in [0.05, 0.1) is 11.0 Å². The quantitative estimate of drug-likeness (QED) is 0.136. The van der Waals surface area contributed by atoms with E-state index < -0.39 is 0 Å². The predicted molar refractivity (Wildman–Crippen MR) is 221 cm³/mol. The van der Waals surface area contributed by atoms with Crippen molar-refractivity contribution in [3.8, 4) is 45.0 Å². The van der Waals surface area contributed by atoms with Crippen LogP contribution in [0.1, 0.15) is 11.1 Å². The molecule has 7 aromatic carbocycles. The highest BCUT2D eigenvalue weighted by atomic mass is 15.3. The second-order valence-corrected chi connectivity index (χ2v) is 14.2. The second kappa shape index (κ2) is 11.7. The Labute approximate surface area is 310 Å². The highest BCUT2D eigenvalue weighted by molar-refractivity contribution is 6.22. The van der Waals surface area contributed by atoms with E-state index in [2.05, 4.69) is 180 Å². The number of hydrogen-bond donors (Lipinski definition) is 0. The molecule has 0 bridgehead atoms. The maximum Gasteiger partial charge on any atom is 0.169 e. The summed E-state index contributed by atoms with van der Waals surface area (Å²) in [5.74, 6) is 1.63. The van der Waals surface area contributed by atoms with E-state index in [0.717, 1.165) is 77.4 Å². The number of para-hydroxylation sites is 2. The van der Waals surface area contributed by atoms with Crippen LogP contribution in [0, 0.1) is 13.8 Å². The lowest BCUT2D eigenvalue weighted by Gasteiger charge is -2.14. The van der Waals surface area contributed by atoms with E-state index in [1.165, 1.54) is 33.4 Å². The summed E-state index contributed by atoms with van der Waals surface area (Å²) in [4.78, 5) is 0. The SMILES string of the molecule is Cc1ccc(-c2ccc(-c3nnc4c5cc6c7ccccc7n7c(-c8ccc(-c9ccc(C)cc9)cc8)nnc7c6cc5c5ccccc5n34)cc2)cc1. The minimum Gasteiger partial charge on any atom is -0.274 e. The minimum atomic E-state index is 0.814. The topological polar surface area (TPSA) is 60.4 Å². The Morgan fingerprint density at radius 1 is 0.315 bits per heavy atom. The smallest absolute Gasteiger partial charge is 0.169 e. The minimum absolute atomic E-state index is 0.814. The van der Waals surface area contributed by atoms with Crippen LogP contribution in [0.5, 0.6) is 0 Å². The van der Waals surface area contributed by atoms with Crippen LogP contribution in [0.4, 0.5) is 0 Å². The summed E-state index contributed by atoms with van der Waals surface area (Å²) in [5.41, 5.74) is 13.0. The number of nitrogens with zero attached hydrogens (tertiary/aromatic N) is 6. The first-order valence-electron chi connectivity index (χ1n) is 18.2. The van der Waals surface area contributed by atoms with E-state index >= 15 is 0 Å². The molecule has 0 saturated carbocycles. The molecule has 0 amide bonds. The molecule has 11 aromatic rings. The molecule has 254 valence electrons. The van der Waals surface area contributed by atoms with Gasteiger partial charge in [0.15, 0.2) is 22.9 Å². The molecule has 54 heavy (non-hydrogen) atoms. The van der Waals surface area contributed by atoms with Gasteiger partial charge in [-0.2, -0.15) is 0 Å². The second-order valence-electron chi connectivity index (χ2n) is 14.2. The number of pyridine rings is 2. The summed E-state index contributed by atoms with van der Waals surface area (Å²) >= 11 is 0. The van der Waals surface area contributed by atoms with Crippen molar-refractivity contribution in [2.24, 2.45) is 0 Å². The van der Waals surface area contributed by atoms with Crippen LogP contribution in [0.15, 0.2) is 158 Å².